The van der Waals surface area contributed by atoms with Crippen molar-refractivity contribution in [3.05, 3.63) is 63.1 Å². The number of ether oxygens (including phenoxy) is 1. The summed E-state index contributed by atoms with van der Waals surface area (Å²) >= 11 is 0. The summed E-state index contributed by atoms with van der Waals surface area (Å²) in [7, 11) is 0. The molecule has 0 atom stereocenters. The monoisotopic (exact) mass is 328 g/mol. The van der Waals surface area contributed by atoms with E-state index in [1.807, 2.05) is 49.6 Å². The van der Waals surface area contributed by atoms with Gasteiger partial charge in [-0.05, 0) is 39.3 Å². The van der Waals surface area contributed by atoms with Crippen molar-refractivity contribution in [2.45, 2.75) is 34.2 Å². The zero-order valence-corrected chi connectivity index (χ0v) is 14.7. The number of nitrogens with one attached hydrogen (secondary N) is 1. The summed E-state index contributed by atoms with van der Waals surface area (Å²) in [5.74, 6) is -0.378. The maximum atomic E-state index is 12.6. The molecule has 1 heterocycles. The number of rotatable bonds is 6. The second-order valence-electron chi connectivity index (χ2n) is 5.73. The van der Waals surface area contributed by atoms with E-state index < -0.39 is 0 Å². The van der Waals surface area contributed by atoms with E-state index in [0.717, 1.165) is 11.3 Å². The van der Waals surface area contributed by atoms with Crippen LogP contribution in [0.25, 0.3) is 0 Å². The summed E-state index contributed by atoms with van der Waals surface area (Å²) in [4.78, 5) is 25.0. The van der Waals surface area contributed by atoms with E-state index >= 15 is 0 Å². The average molecular weight is 328 g/mol. The van der Waals surface area contributed by atoms with E-state index in [2.05, 4.69) is 5.32 Å². The first-order valence-electron chi connectivity index (χ1n) is 8.11. The van der Waals surface area contributed by atoms with E-state index in [9.17, 15) is 9.59 Å². The number of nitrogens with zero attached hydrogens (tertiary/aromatic N) is 1. The second kappa shape index (κ2) is 7.93. The molecule has 128 valence electrons. The number of benzene rings is 1. The van der Waals surface area contributed by atoms with Gasteiger partial charge in [0.25, 0.3) is 5.91 Å². The van der Waals surface area contributed by atoms with Gasteiger partial charge >= 0.3 is 0 Å². The highest BCUT2D eigenvalue weighted by Gasteiger charge is 2.18. The molecule has 0 aliphatic rings. The predicted molar refractivity (Wildman–Crippen MR) is 95.8 cm³/mol. The highest BCUT2D eigenvalue weighted by Crippen LogP contribution is 2.15. The van der Waals surface area contributed by atoms with Gasteiger partial charge in [-0.25, -0.2) is 0 Å². The average Bonchev–Trinajstić information content (AvgIpc) is 2.52. The first-order chi connectivity index (χ1) is 11.5. The molecular weight excluding hydrogens is 304 g/mol. The molecule has 0 unspecified atom stereocenters. The van der Waals surface area contributed by atoms with Crippen LogP contribution in [-0.2, 0) is 11.3 Å². The Bertz CT molecular complexity index is 794. The van der Waals surface area contributed by atoms with E-state index in [4.69, 9.17) is 4.74 Å². The topological polar surface area (TPSA) is 60.3 Å². The van der Waals surface area contributed by atoms with Gasteiger partial charge in [-0.15, -0.1) is 0 Å². The molecule has 0 saturated carbocycles. The molecule has 0 fully saturated rings. The van der Waals surface area contributed by atoms with Gasteiger partial charge in [0.15, 0.2) is 5.43 Å². The molecule has 0 bridgehead atoms. The number of pyridine rings is 1. The molecule has 1 amide bonds. The van der Waals surface area contributed by atoms with Crippen molar-refractivity contribution in [1.29, 1.82) is 0 Å². The number of hydrogen-bond acceptors (Lipinski definition) is 3. The van der Waals surface area contributed by atoms with Gasteiger partial charge < -0.3 is 14.6 Å². The summed E-state index contributed by atoms with van der Waals surface area (Å²) < 4.78 is 7.34. The van der Waals surface area contributed by atoms with Gasteiger partial charge in [0.05, 0.1) is 6.61 Å². The van der Waals surface area contributed by atoms with Crippen molar-refractivity contribution >= 4 is 11.6 Å². The Morgan fingerprint density at radius 2 is 1.92 bits per heavy atom. The van der Waals surface area contributed by atoms with Gasteiger partial charge in [0, 0.05) is 36.3 Å². The molecule has 2 aromatic rings. The van der Waals surface area contributed by atoms with E-state index in [1.165, 1.54) is 6.07 Å². The van der Waals surface area contributed by atoms with Crippen LogP contribution in [0.15, 0.2) is 35.1 Å². The Kier molecular flexibility index (Phi) is 5.93. The lowest BCUT2D eigenvalue weighted by molar-refractivity contribution is 0.102. The van der Waals surface area contributed by atoms with Gasteiger partial charge in [-0.1, -0.05) is 18.2 Å². The molecular formula is C19H24N2O3. The number of para-hydroxylation sites is 1. The van der Waals surface area contributed by atoms with Crippen molar-refractivity contribution in [2.24, 2.45) is 0 Å². The zero-order valence-electron chi connectivity index (χ0n) is 14.7. The van der Waals surface area contributed by atoms with Crippen LogP contribution in [0.1, 0.15) is 34.2 Å². The van der Waals surface area contributed by atoms with E-state index in [-0.39, 0.29) is 16.9 Å². The molecule has 0 saturated heterocycles. The molecule has 2 rings (SSSR count). The number of carbonyl (C=O) groups is 1. The van der Waals surface area contributed by atoms with Crippen molar-refractivity contribution < 1.29 is 9.53 Å². The smallest absolute Gasteiger partial charge is 0.261 e. The first kappa shape index (κ1) is 17.9. The van der Waals surface area contributed by atoms with Crippen LogP contribution in [0.4, 0.5) is 5.69 Å². The van der Waals surface area contributed by atoms with Crippen LogP contribution >= 0.6 is 0 Å². The normalized spacial score (nSPS) is 10.7. The predicted octanol–water partition coefficient (Wildman–Crippen LogP) is 3.06. The number of aromatic nitrogens is 1. The highest BCUT2D eigenvalue weighted by molar-refractivity contribution is 6.05. The molecule has 0 radical (unpaired) electrons. The zero-order chi connectivity index (χ0) is 17.7. The number of carbonyl (C=O) groups excluding carboxylic acids is 1. The van der Waals surface area contributed by atoms with Crippen LogP contribution in [0, 0.1) is 20.8 Å². The number of amides is 1. The van der Waals surface area contributed by atoms with E-state index in [1.54, 1.807) is 6.92 Å². The second-order valence-corrected chi connectivity index (χ2v) is 5.73. The fourth-order valence-corrected chi connectivity index (χ4v) is 2.74. The summed E-state index contributed by atoms with van der Waals surface area (Å²) in [6.07, 6.45) is 0. The molecule has 0 spiro atoms. The fourth-order valence-electron chi connectivity index (χ4n) is 2.74. The Balaban J connectivity index is 2.35. The minimum absolute atomic E-state index is 0.181. The quantitative estimate of drug-likeness (QED) is 0.829. The van der Waals surface area contributed by atoms with Crippen molar-refractivity contribution in [2.75, 3.05) is 18.5 Å². The largest absolute Gasteiger partial charge is 0.380 e. The van der Waals surface area contributed by atoms with Gasteiger partial charge in [-0.2, -0.15) is 0 Å². The third kappa shape index (κ3) is 3.92. The lowest BCUT2D eigenvalue weighted by Crippen LogP contribution is -2.27. The summed E-state index contributed by atoms with van der Waals surface area (Å²) in [6.45, 7) is 9.30. The molecule has 5 heteroatoms. The molecule has 1 aromatic heterocycles. The van der Waals surface area contributed by atoms with Gasteiger partial charge in [-0.3, -0.25) is 9.59 Å². The standard InChI is InChI=1S/C19H24N2O3/c1-5-24-11-10-21-14(3)12-17(22)18(15(21)4)19(23)20-16-9-7-6-8-13(16)2/h6-9,12H,5,10-11H2,1-4H3,(H,20,23). The lowest BCUT2D eigenvalue weighted by atomic mass is 10.1. The maximum Gasteiger partial charge on any atom is 0.261 e. The fraction of sp³-hybridized carbons (Fsp3) is 0.368. The SMILES string of the molecule is CCOCCn1c(C)cc(=O)c(C(=O)Nc2ccccc2C)c1C. The Hall–Kier alpha value is -2.40. The van der Waals surface area contributed by atoms with Crippen LogP contribution in [0.2, 0.25) is 0 Å². The molecule has 1 aromatic carbocycles. The van der Waals surface area contributed by atoms with Crippen LogP contribution in [0.5, 0.6) is 0 Å². The Labute approximate surface area is 142 Å². The minimum atomic E-state index is -0.378. The lowest BCUT2D eigenvalue weighted by Gasteiger charge is -2.17. The molecule has 0 aliphatic carbocycles. The van der Waals surface area contributed by atoms with Crippen molar-refractivity contribution in [3.63, 3.8) is 0 Å². The summed E-state index contributed by atoms with van der Waals surface area (Å²) in [6, 6.07) is 9.00. The number of aryl methyl sites for hydroxylation is 2. The first-order valence-corrected chi connectivity index (χ1v) is 8.11. The third-order valence-corrected chi connectivity index (χ3v) is 4.06. The number of anilines is 1. The molecule has 0 aliphatic heterocycles. The summed E-state index contributed by atoms with van der Waals surface area (Å²) in [5, 5.41) is 2.84. The third-order valence-electron chi connectivity index (χ3n) is 4.06. The Morgan fingerprint density at radius 1 is 1.21 bits per heavy atom. The van der Waals surface area contributed by atoms with Gasteiger partial charge in [0.2, 0.25) is 0 Å². The molecule has 1 N–H and O–H groups in total. The van der Waals surface area contributed by atoms with Crippen LogP contribution in [-0.4, -0.2) is 23.7 Å². The van der Waals surface area contributed by atoms with Crippen molar-refractivity contribution in [3.8, 4) is 0 Å². The van der Waals surface area contributed by atoms with Gasteiger partial charge in [0.1, 0.15) is 5.56 Å². The summed E-state index contributed by atoms with van der Waals surface area (Å²) in [5.41, 5.74) is 3.06. The highest BCUT2D eigenvalue weighted by atomic mass is 16.5. The van der Waals surface area contributed by atoms with Crippen molar-refractivity contribution in [1.82, 2.24) is 4.57 Å². The Morgan fingerprint density at radius 3 is 2.58 bits per heavy atom. The molecule has 24 heavy (non-hydrogen) atoms. The number of hydrogen-bond donors (Lipinski definition) is 1. The molecule has 5 nitrogen and oxygen atoms in total. The van der Waals surface area contributed by atoms with Crippen LogP contribution < -0.4 is 10.7 Å². The van der Waals surface area contributed by atoms with Crippen LogP contribution in [0.3, 0.4) is 0 Å². The minimum Gasteiger partial charge on any atom is -0.380 e. The maximum absolute atomic E-state index is 12.6. The van der Waals surface area contributed by atoms with E-state index in [0.29, 0.717) is 31.1 Å².